The van der Waals surface area contributed by atoms with Crippen molar-refractivity contribution in [1.29, 1.82) is 0 Å². The van der Waals surface area contributed by atoms with Gasteiger partial charge in [-0.1, -0.05) is 6.92 Å². The molecule has 0 saturated heterocycles. The summed E-state index contributed by atoms with van der Waals surface area (Å²) in [4.78, 5) is 43.8. The molecule has 0 rings (SSSR count). The van der Waals surface area contributed by atoms with Crippen molar-refractivity contribution >= 4 is 23.6 Å². The highest BCUT2D eigenvalue weighted by molar-refractivity contribution is 5.87. The fourth-order valence-electron chi connectivity index (χ4n) is 1.64. The lowest BCUT2D eigenvalue weighted by atomic mass is 9.96. The Morgan fingerprint density at radius 1 is 1.16 bits per heavy atom. The summed E-state index contributed by atoms with van der Waals surface area (Å²) < 4.78 is 0. The number of carboxylic acid groups (broad SMARTS) is 2. The Balaban J connectivity index is 4.30. The number of hydrogen-bond acceptors (Lipinski definition) is 4. The van der Waals surface area contributed by atoms with Gasteiger partial charge in [0.15, 0.2) is 0 Å². The molecule has 0 aliphatic heterocycles. The molecular weight excluding hydrogens is 254 g/mol. The summed E-state index contributed by atoms with van der Waals surface area (Å²) in [6, 6.07) is -1.44. The van der Waals surface area contributed by atoms with E-state index in [1.807, 2.05) is 6.92 Å². The number of carbonyl (C=O) groups is 4. The number of ketones is 1. The molecule has 1 amide bonds. The lowest BCUT2D eigenvalue weighted by molar-refractivity contribution is -0.147. The van der Waals surface area contributed by atoms with E-state index < -0.39 is 30.3 Å². The number of rotatable bonds is 9. The van der Waals surface area contributed by atoms with E-state index in [0.717, 1.165) is 0 Å². The number of hydrogen-bond donors (Lipinski definition) is 3. The van der Waals surface area contributed by atoms with Gasteiger partial charge in [0.2, 0.25) is 5.91 Å². The van der Waals surface area contributed by atoms with Gasteiger partial charge in [0.25, 0.3) is 0 Å². The Bertz CT molecular complexity index is 365. The Morgan fingerprint density at radius 3 is 2.11 bits per heavy atom. The zero-order chi connectivity index (χ0) is 15.0. The number of amides is 1. The predicted octanol–water partition coefficient (Wildman–Crippen LogP) is 0.426. The molecule has 0 radical (unpaired) electrons. The molecule has 0 heterocycles. The van der Waals surface area contributed by atoms with Crippen molar-refractivity contribution in [1.82, 2.24) is 5.32 Å². The summed E-state index contributed by atoms with van der Waals surface area (Å²) >= 11 is 0. The van der Waals surface area contributed by atoms with Crippen LogP contribution in [0.4, 0.5) is 0 Å². The number of nitrogens with one attached hydrogen (secondary N) is 1. The quantitative estimate of drug-likeness (QED) is 0.560. The zero-order valence-electron chi connectivity index (χ0n) is 11.0. The average molecular weight is 273 g/mol. The third kappa shape index (κ3) is 7.17. The van der Waals surface area contributed by atoms with Crippen LogP contribution in [0.25, 0.3) is 0 Å². The Hall–Kier alpha value is -1.92. The van der Waals surface area contributed by atoms with Crippen LogP contribution in [0.5, 0.6) is 0 Å². The minimum absolute atomic E-state index is 0.00147. The van der Waals surface area contributed by atoms with Crippen LogP contribution in [0.15, 0.2) is 0 Å². The van der Waals surface area contributed by atoms with Gasteiger partial charge >= 0.3 is 11.9 Å². The maximum atomic E-state index is 11.5. The van der Waals surface area contributed by atoms with Crippen LogP contribution in [-0.4, -0.2) is 39.9 Å². The van der Waals surface area contributed by atoms with E-state index in [2.05, 4.69) is 5.32 Å². The Morgan fingerprint density at radius 2 is 1.74 bits per heavy atom. The summed E-state index contributed by atoms with van der Waals surface area (Å²) in [5, 5.41) is 19.4. The summed E-state index contributed by atoms with van der Waals surface area (Å²) in [5.74, 6) is -3.50. The van der Waals surface area contributed by atoms with Crippen LogP contribution in [0, 0.1) is 5.92 Å². The van der Waals surface area contributed by atoms with Gasteiger partial charge in [0, 0.05) is 12.3 Å². The first kappa shape index (κ1) is 17.1. The van der Waals surface area contributed by atoms with Gasteiger partial charge in [-0.25, -0.2) is 4.79 Å². The molecule has 0 saturated carbocycles. The Labute approximate surface area is 111 Å². The van der Waals surface area contributed by atoms with Gasteiger partial charge in [-0.15, -0.1) is 0 Å². The highest BCUT2D eigenvalue weighted by Gasteiger charge is 2.23. The molecule has 3 N–H and O–H groups in total. The third-order valence-corrected chi connectivity index (χ3v) is 2.80. The lowest BCUT2D eigenvalue weighted by Gasteiger charge is -2.14. The second-order valence-corrected chi connectivity index (χ2v) is 4.31. The van der Waals surface area contributed by atoms with Gasteiger partial charge in [0.05, 0.1) is 6.42 Å². The third-order valence-electron chi connectivity index (χ3n) is 2.80. The molecule has 0 aromatic carbocycles. The number of carboxylic acids is 2. The summed E-state index contributed by atoms with van der Waals surface area (Å²) in [6.45, 7) is 3.27. The van der Waals surface area contributed by atoms with E-state index in [9.17, 15) is 19.2 Å². The maximum absolute atomic E-state index is 11.5. The van der Waals surface area contributed by atoms with E-state index in [1.165, 1.54) is 6.92 Å². The first-order valence-electron chi connectivity index (χ1n) is 6.02. The van der Waals surface area contributed by atoms with Crippen molar-refractivity contribution in [2.45, 2.75) is 45.6 Å². The fraction of sp³-hybridized carbons (Fsp3) is 0.667. The van der Waals surface area contributed by atoms with Gasteiger partial charge in [-0.3, -0.25) is 14.4 Å². The average Bonchev–Trinajstić information content (AvgIpc) is 2.27. The molecular formula is C12H19NO6. The van der Waals surface area contributed by atoms with Crippen LogP contribution in [-0.2, 0) is 19.2 Å². The van der Waals surface area contributed by atoms with Crippen molar-refractivity contribution in [3.05, 3.63) is 0 Å². The van der Waals surface area contributed by atoms with E-state index in [-0.39, 0.29) is 18.1 Å². The summed E-state index contributed by atoms with van der Waals surface area (Å²) in [7, 11) is 0. The molecule has 0 spiro atoms. The van der Waals surface area contributed by atoms with E-state index in [0.29, 0.717) is 12.8 Å². The van der Waals surface area contributed by atoms with Crippen molar-refractivity contribution < 1.29 is 29.4 Å². The van der Waals surface area contributed by atoms with Gasteiger partial charge < -0.3 is 15.5 Å². The van der Waals surface area contributed by atoms with Gasteiger partial charge in [-0.05, 0) is 19.8 Å². The molecule has 19 heavy (non-hydrogen) atoms. The van der Waals surface area contributed by atoms with Gasteiger partial charge in [0.1, 0.15) is 11.8 Å². The minimum atomic E-state index is -1.44. The largest absolute Gasteiger partial charge is 0.481 e. The monoisotopic (exact) mass is 273 g/mol. The molecule has 2 atom stereocenters. The van der Waals surface area contributed by atoms with Crippen molar-refractivity contribution in [2.75, 3.05) is 0 Å². The first-order valence-corrected chi connectivity index (χ1v) is 6.02. The summed E-state index contributed by atoms with van der Waals surface area (Å²) in [6.07, 6.45) is 0.268. The van der Waals surface area contributed by atoms with Crippen LogP contribution < -0.4 is 5.32 Å². The predicted molar refractivity (Wildman–Crippen MR) is 65.5 cm³/mol. The van der Waals surface area contributed by atoms with E-state index >= 15 is 0 Å². The summed E-state index contributed by atoms with van der Waals surface area (Å²) in [5.41, 5.74) is 0. The fourth-order valence-corrected chi connectivity index (χ4v) is 1.64. The standard InChI is InChI=1S/C12H19NO6/c1-3-8(7(2)14)4-5-10(15)13-9(12(18)19)6-11(16)17/h8-9H,3-6H2,1-2H3,(H,13,15)(H,16,17)(H,18,19). The normalized spacial score (nSPS) is 13.4. The van der Waals surface area contributed by atoms with Crippen LogP contribution >= 0.6 is 0 Å². The van der Waals surface area contributed by atoms with Gasteiger partial charge in [-0.2, -0.15) is 0 Å². The molecule has 0 fully saturated rings. The number of carbonyl (C=O) groups excluding carboxylic acids is 2. The van der Waals surface area contributed by atoms with Crippen molar-refractivity contribution in [2.24, 2.45) is 5.92 Å². The second kappa shape index (κ2) is 8.23. The van der Waals surface area contributed by atoms with Crippen LogP contribution in [0.1, 0.15) is 39.5 Å². The smallest absolute Gasteiger partial charge is 0.326 e. The van der Waals surface area contributed by atoms with Crippen molar-refractivity contribution in [3.8, 4) is 0 Å². The lowest BCUT2D eigenvalue weighted by Crippen LogP contribution is -2.42. The molecule has 2 unspecified atom stereocenters. The highest BCUT2D eigenvalue weighted by Crippen LogP contribution is 2.12. The van der Waals surface area contributed by atoms with E-state index in [4.69, 9.17) is 10.2 Å². The van der Waals surface area contributed by atoms with Crippen LogP contribution in [0.3, 0.4) is 0 Å². The molecule has 0 aromatic heterocycles. The molecule has 0 bridgehead atoms. The minimum Gasteiger partial charge on any atom is -0.481 e. The number of Topliss-reactive ketones (excluding diaryl/α,β-unsaturated/α-hetero) is 1. The van der Waals surface area contributed by atoms with Crippen LogP contribution in [0.2, 0.25) is 0 Å². The molecule has 0 aliphatic carbocycles. The maximum Gasteiger partial charge on any atom is 0.326 e. The molecule has 0 aliphatic rings. The number of aliphatic carboxylic acids is 2. The molecule has 0 aromatic rings. The SMILES string of the molecule is CCC(CCC(=O)NC(CC(=O)O)C(=O)O)C(C)=O. The topological polar surface area (TPSA) is 121 Å². The highest BCUT2D eigenvalue weighted by atomic mass is 16.4. The van der Waals surface area contributed by atoms with Crippen molar-refractivity contribution in [3.63, 3.8) is 0 Å². The molecule has 7 nitrogen and oxygen atoms in total. The molecule has 7 heteroatoms. The Kier molecular flexibility index (Phi) is 7.40. The first-order chi connectivity index (χ1) is 8.77. The zero-order valence-corrected chi connectivity index (χ0v) is 11.0. The van der Waals surface area contributed by atoms with E-state index in [1.54, 1.807) is 0 Å². The molecule has 108 valence electrons. The second-order valence-electron chi connectivity index (χ2n) is 4.31.